The molecule has 0 aliphatic carbocycles. The highest BCUT2D eigenvalue weighted by molar-refractivity contribution is 7.99. The van der Waals surface area contributed by atoms with Gasteiger partial charge in [0.1, 0.15) is 36.5 Å². The molecule has 0 aromatic heterocycles. The van der Waals surface area contributed by atoms with E-state index in [1.165, 1.54) is 18.7 Å². The standard InChI is InChI=1S/C40H42O15S/c1-22(41)46-20-29-31(48-23(2)42)33(49-24(3)43)35(50-25(4)44)39(51-29)55-34-32-30(21-47-38(54-32)27-16-10-6-11-17-27)52-40(56-28-18-12-7-13-19-28)36(34)53-37(45)26-14-8-5-9-15-26/h5-19,29-36,38-40H,20-21H2,1-4H3/t29-,30-,31-,32-,33+,34+,35+,36+,38-,39-,40-/m1/s1. The maximum Gasteiger partial charge on any atom is 0.338 e. The van der Waals surface area contributed by atoms with E-state index < -0.39 is 103 Å². The maximum absolute atomic E-state index is 13.9. The quantitative estimate of drug-likeness (QED) is 0.187. The van der Waals surface area contributed by atoms with Gasteiger partial charge in [-0.2, -0.15) is 0 Å². The minimum absolute atomic E-state index is 0.0356. The summed E-state index contributed by atoms with van der Waals surface area (Å²) >= 11 is 1.27. The van der Waals surface area contributed by atoms with Crippen LogP contribution in [-0.2, 0) is 66.5 Å². The zero-order valence-corrected chi connectivity index (χ0v) is 31.8. The van der Waals surface area contributed by atoms with E-state index in [0.29, 0.717) is 5.56 Å². The SMILES string of the molecule is CC(=O)OC[C@H]1O[C@H](O[C@@H]2[C@H](OC(=O)c3ccccc3)[C@@H](Sc3ccccc3)O[C@@H]3CO[C@@H](c4ccccc4)O[C@@H]23)[C@@H](OC(C)=O)[C@@H](OC(C)=O)[C@@H]1OC(C)=O. The Morgan fingerprint density at radius 3 is 1.84 bits per heavy atom. The monoisotopic (exact) mass is 794 g/mol. The molecular formula is C40H42O15S. The summed E-state index contributed by atoms with van der Waals surface area (Å²) in [6.07, 6.45) is -12.6. The summed E-state index contributed by atoms with van der Waals surface area (Å²) in [5.41, 5.74) is 0.0114. The molecule has 15 nitrogen and oxygen atoms in total. The summed E-state index contributed by atoms with van der Waals surface area (Å²) in [7, 11) is 0. The molecule has 3 saturated heterocycles. The van der Waals surface area contributed by atoms with Crippen LogP contribution in [0.1, 0.15) is 49.9 Å². The Morgan fingerprint density at radius 1 is 0.625 bits per heavy atom. The number of hydrogen-bond donors (Lipinski definition) is 0. The van der Waals surface area contributed by atoms with Crippen molar-refractivity contribution in [3.63, 3.8) is 0 Å². The van der Waals surface area contributed by atoms with Gasteiger partial charge in [-0.25, -0.2) is 4.79 Å². The number of carbonyl (C=O) groups excluding carboxylic acids is 5. The fourth-order valence-corrected chi connectivity index (χ4v) is 7.68. The van der Waals surface area contributed by atoms with E-state index in [-0.39, 0.29) is 12.2 Å². The first kappa shape index (κ1) is 40.8. The van der Waals surface area contributed by atoms with Gasteiger partial charge in [-0.05, 0) is 24.3 Å². The first-order valence-corrected chi connectivity index (χ1v) is 18.8. The fraction of sp³-hybridized carbons (Fsp3) is 0.425. The second-order valence-corrected chi connectivity index (χ2v) is 14.2. The van der Waals surface area contributed by atoms with Crippen LogP contribution in [0, 0.1) is 0 Å². The third kappa shape index (κ3) is 10.3. The van der Waals surface area contributed by atoms with Gasteiger partial charge in [0.15, 0.2) is 37.0 Å². The van der Waals surface area contributed by atoms with Gasteiger partial charge in [-0.1, -0.05) is 78.5 Å². The highest BCUT2D eigenvalue weighted by Gasteiger charge is 2.58. The lowest BCUT2D eigenvalue weighted by Gasteiger charge is -2.51. The summed E-state index contributed by atoms with van der Waals surface area (Å²) in [4.78, 5) is 64.2. The van der Waals surface area contributed by atoms with Crippen LogP contribution in [0.4, 0.5) is 0 Å². The Balaban J connectivity index is 1.44. The van der Waals surface area contributed by atoms with Crippen LogP contribution in [-0.4, -0.2) is 104 Å². The van der Waals surface area contributed by atoms with Crippen molar-refractivity contribution in [2.24, 2.45) is 0 Å². The van der Waals surface area contributed by atoms with Crippen LogP contribution >= 0.6 is 11.8 Å². The van der Waals surface area contributed by atoms with Crippen molar-refractivity contribution in [3.05, 3.63) is 102 Å². The van der Waals surface area contributed by atoms with Crippen LogP contribution in [0.2, 0.25) is 0 Å². The highest BCUT2D eigenvalue weighted by Crippen LogP contribution is 2.43. The van der Waals surface area contributed by atoms with Gasteiger partial charge >= 0.3 is 29.8 Å². The molecule has 3 aliphatic rings. The molecule has 16 heteroatoms. The van der Waals surface area contributed by atoms with Crippen LogP contribution in [0.15, 0.2) is 95.9 Å². The summed E-state index contributed by atoms with van der Waals surface area (Å²) < 4.78 is 60.9. The number of ether oxygens (including phenoxy) is 10. The van der Waals surface area contributed by atoms with Crippen LogP contribution < -0.4 is 0 Å². The average Bonchev–Trinajstić information content (AvgIpc) is 3.17. The normalized spacial score (nSPS) is 29.8. The second kappa shape index (κ2) is 18.9. The van der Waals surface area contributed by atoms with E-state index >= 15 is 0 Å². The van der Waals surface area contributed by atoms with Crippen molar-refractivity contribution in [1.82, 2.24) is 0 Å². The first-order chi connectivity index (χ1) is 27.0. The van der Waals surface area contributed by atoms with E-state index in [1.807, 2.05) is 60.7 Å². The second-order valence-electron chi connectivity index (χ2n) is 13.1. The molecule has 0 bridgehead atoms. The third-order valence-electron chi connectivity index (χ3n) is 8.84. The van der Waals surface area contributed by atoms with Gasteiger partial charge in [0.2, 0.25) is 0 Å². The molecule has 3 aromatic carbocycles. The van der Waals surface area contributed by atoms with Crippen molar-refractivity contribution in [1.29, 1.82) is 0 Å². The zero-order chi connectivity index (χ0) is 39.8. The molecule has 56 heavy (non-hydrogen) atoms. The van der Waals surface area contributed by atoms with Crippen LogP contribution in [0.5, 0.6) is 0 Å². The van der Waals surface area contributed by atoms with Gasteiger partial charge in [-0.15, -0.1) is 0 Å². The largest absolute Gasteiger partial charge is 0.463 e. The molecular weight excluding hydrogens is 752 g/mol. The Kier molecular flexibility index (Phi) is 13.7. The van der Waals surface area contributed by atoms with Gasteiger partial charge in [-0.3, -0.25) is 19.2 Å². The number of hydrogen-bond acceptors (Lipinski definition) is 16. The molecule has 0 amide bonds. The number of rotatable bonds is 12. The predicted octanol–water partition coefficient (Wildman–Crippen LogP) is 4.31. The lowest BCUT2D eigenvalue weighted by atomic mass is 9.96. The summed E-state index contributed by atoms with van der Waals surface area (Å²) in [6.45, 7) is 4.11. The Labute approximate surface area is 327 Å². The molecule has 0 unspecified atom stereocenters. The minimum atomic E-state index is -1.62. The molecule has 3 aliphatic heterocycles. The number of esters is 5. The van der Waals surface area contributed by atoms with Crippen molar-refractivity contribution in [2.75, 3.05) is 13.2 Å². The fourth-order valence-electron chi connectivity index (χ4n) is 6.55. The van der Waals surface area contributed by atoms with E-state index in [4.69, 9.17) is 47.4 Å². The summed E-state index contributed by atoms with van der Waals surface area (Å²) in [5.74, 6) is -3.78. The molecule has 298 valence electrons. The summed E-state index contributed by atoms with van der Waals surface area (Å²) in [5, 5.41) is 0. The molecule has 3 fully saturated rings. The van der Waals surface area contributed by atoms with E-state index in [0.717, 1.165) is 25.7 Å². The molecule has 6 rings (SSSR count). The van der Waals surface area contributed by atoms with Gasteiger partial charge in [0, 0.05) is 38.2 Å². The van der Waals surface area contributed by atoms with Crippen molar-refractivity contribution < 1.29 is 71.3 Å². The van der Waals surface area contributed by atoms with Crippen LogP contribution in [0.3, 0.4) is 0 Å². The average molecular weight is 795 g/mol. The molecule has 0 saturated carbocycles. The van der Waals surface area contributed by atoms with Crippen LogP contribution in [0.25, 0.3) is 0 Å². The number of carbonyl (C=O) groups is 5. The lowest BCUT2D eigenvalue weighted by Crippen LogP contribution is -2.67. The van der Waals surface area contributed by atoms with Crippen molar-refractivity contribution >= 4 is 41.6 Å². The smallest absolute Gasteiger partial charge is 0.338 e. The molecule has 3 aromatic rings. The molecule has 0 spiro atoms. The number of thioether (sulfide) groups is 1. The number of benzene rings is 3. The molecule has 0 radical (unpaired) electrons. The predicted molar refractivity (Wildman–Crippen MR) is 193 cm³/mol. The Morgan fingerprint density at radius 2 is 1.21 bits per heavy atom. The van der Waals surface area contributed by atoms with E-state index in [9.17, 15) is 24.0 Å². The number of fused-ring (bicyclic) bond motifs is 1. The van der Waals surface area contributed by atoms with Gasteiger partial charge < -0.3 is 47.4 Å². The summed E-state index contributed by atoms with van der Waals surface area (Å²) in [6, 6.07) is 26.8. The van der Waals surface area contributed by atoms with Gasteiger partial charge in [0.05, 0.1) is 12.2 Å². The van der Waals surface area contributed by atoms with Crippen molar-refractivity contribution in [3.8, 4) is 0 Å². The molecule has 3 heterocycles. The Bertz CT molecular complexity index is 1810. The topological polar surface area (TPSA) is 178 Å². The van der Waals surface area contributed by atoms with E-state index in [1.54, 1.807) is 30.3 Å². The molecule has 11 atom stereocenters. The lowest BCUT2D eigenvalue weighted by molar-refractivity contribution is -0.366. The maximum atomic E-state index is 13.9. The molecule has 0 N–H and O–H groups in total. The minimum Gasteiger partial charge on any atom is -0.463 e. The first-order valence-electron chi connectivity index (χ1n) is 17.9. The Hall–Kier alpha value is -4.84. The third-order valence-corrected chi connectivity index (χ3v) is 10.00. The van der Waals surface area contributed by atoms with Crippen molar-refractivity contribution in [2.45, 2.75) is 99.4 Å². The van der Waals surface area contributed by atoms with Gasteiger partial charge in [0.25, 0.3) is 0 Å². The highest BCUT2D eigenvalue weighted by atomic mass is 32.2. The zero-order valence-electron chi connectivity index (χ0n) is 31.0. The van der Waals surface area contributed by atoms with E-state index in [2.05, 4.69) is 0 Å².